The third-order valence-corrected chi connectivity index (χ3v) is 4.32. The van der Waals surface area contributed by atoms with Gasteiger partial charge in [-0.05, 0) is 38.0 Å². The van der Waals surface area contributed by atoms with Crippen LogP contribution < -0.4 is 10.1 Å². The Morgan fingerprint density at radius 1 is 1.48 bits per heavy atom. The Balaban J connectivity index is 1.93. The molecule has 1 fully saturated rings. The van der Waals surface area contributed by atoms with Crippen LogP contribution in [0.4, 0.5) is 0 Å². The van der Waals surface area contributed by atoms with Crippen molar-refractivity contribution in [2.45, 2.75) is 38.3 Å². The number of rotatable bonds is 5. The van der Waals surface area contributed by atoms with E-state index >= 15 is 0 Å². The van der Waals surface area contributed by atoms with Crippen molar-refractivity contribution in [3.8, 4) is 5.75 Å². The van der Waals surface area contributed by atoms with Crippen molar-refractivity contribution in [1.29, 1.82) is 0 Å². The zero-order valence-electron chi connectivity index (χ0n) is 11.8. The van der Waals surface area contributed by atoms with E-state index < -0.39 is 6.10 Å². The van der Waals surface area contributed by atoms with Gasteiger partial charge in [-0.15, -0.1) is 0 Å². The normalized spacial score (nSPS) is 22.9. The molecule has 21 heavy (non-hydrogen) atoms. The first-order valence-electron chi connectivity index (χ1n) is 7.04. The first-order valence-corrected chi connectivity index (χ1v) is 7.79. The second-order valence-corrected chi connectivity index (χ2v) is 6.17. The van der Waals surface area contributed by atoms with Crippen molar-refractivity contribution in [2.75, 3.05) is 6.61 Å². The van der Waals surface area contributed by atoms with E-state index in [2.05, 4.69) is 5.32 Å². The molecule has 0 aromatic heterocycles. The van der Waals surface area contributed by atoms with Gasteiger partial charge in [-0.1, -0.05) is 29.6 Å². The van der Waals surface area contributed by atoms with Crippen LogP contribution in [0.15, 0.2) is 18.2 Å². The summed E-state index contributed by atoms with van der Waals surface area (Å²) in [6.07, 6.45) is 2.20. The molecule has 1 saturated carbocycles. The van der Waals surface area contributed by atoms with Crippen LogP contribution in [-0.4, -0.2) is 29.8 Å². The predicted octanol–water partition coefficient (Wildman–Crippen LogP) is 3.04. The fraction of sp³-hybridized carbons (Fsp3) is 0.533. The van der Waals surface area contributed by atoms with Crippen molar-refractivity contribution in [3.05, 3.63) is 28.2 Å². The van der Waals surface area contributed by atoms with Crippen LogP contribution in [0.25, 0.3) is 0 Å². The number of hydrogen-bond acceptors (Lipinski definition) is 3. The van der Waals surface area contributed by atoms with E-state index in [0.717, 1.165) is 19.3 Å². The smallest absolute Gasteiger partial charge is 0.261 e. The SMILES string of the molecule is CC(Oc1ccc(Cl)cc1Cl)C(=O)NC1CCCC1CO. The van der Waals surface area contributed by atoms with E-state index in [9.17, 15) is 9.90 Å². The van der Waals surface area contributed by atoms with Gasteiger partial charge < -0.3 is 15.2 Å². The summed E-state index contributed by atoms with van der Waals surface area (Å²) in [6.45, 7) is 1.77. The summed E-state index contributed by atoms with van der Waals surface area (Å²) >= 11 is 11.8. The summed E-state index contributed by atoms with van der Waals surface area (Å²) < 4.78 is 5.58. The van der Waals surface area contributed by atoms with Crippen LogP contribution in [-0.2, 0) is 4.79 Å². The molecule has 6 heteroatoms. The van der Waals surface area contributed by atoms with E-state index in [0.29, 0.717) is 15.8 Å². The van der Waals surface area contributed by atoms with E-state index in [4.69, 9.17) is 27.9 Å². The molecular formula is C15H19Cl2NO3. The van der Waals surface area contributed by atoms with Gasteiger partial charge in [0.1, 0.15) is 5.75 Å². The second-order valence-electron chi connectivity index (χ2n) is 5.32. The molecule has 1 aliphatic rings. The summed E-state index contributed by atoms with van der Waals surface area (Å²) in [4.78, 5) is 12.2. The Morgan fingerprint density at radius 2 is 2.24 bits per heavy atom. The fourth-order valence-electron chi connectivity index (χ4n) is 2.56. The van der Waals surface area contributed by atoms with Gasteiger partial charge in [-0.2, -0.15) is 0 Å². The molecule has 3 unspecified atom stereocenters. The summed E-state index contributed by atoms with van der Waals surface area (Å²) in [5.74, 6) is 0.362. The molecule has 0 aliphatic heterocycles. The van der Waals surface area contributed by atoms with Gasteiger partial charge in [0, 0.05) is 23.6 Å². The van der Waals surface area contributed by atoms with Crippen LogP contribution in [0, 0.1) is 5.92 Å². The molecule has 0 radical (unpaired) electrons. The van der Waals surface area contributed by atoms with Crippen molar-refractivity contribution >= 4 is 29.1 Å². The molecule has 1 aromatic carbocycles. The lowest BCUT2D eigenvalue weighted by molar-refractivity contribution is -0.128. The summed E-state index contributed by atoms with van der Waals surface area (Å²) in [5.41, 5.74) is 0. The van der Waals surface area contributed by atoms with Gasteiger partial charge in [-0.25, -0.2) is 0 Å². The van der Waals surface area contributed by atoms with E-state index in [1.165, 1.54) is 0 Å². The maximum atomic E-state index is 12.2. The third kappa shape index (κ3) is 4.25. The van der Waals surface area contributed by atoms with Gasteiger partial charge in [0.25, 0.3) is 5.91 Å². The molecule has 116 valence electrons. The largest absolute Gasteiger partial charge is 0.479 e. The first-order chi connectivity index (χ1) is 10.0. The molecule has 1 aliphatic carbocycles. The van der Waals surface area contributed by atoms with Crippen LogP contribution in [0.3, 0.4) is 0 Å². The Morgan fingerprint density at radius 3 is 2.90 bits per heavy atom. The lowest BCUT2D eigenvalue weighted by Gasteiger charge is -2.22. The van der Waals surface area contributed by atoms with Gasteiger partial charge >= 0.3 is 0 Å². The molecule has 0 spiro atoms. The molecule has 1 aromatic rings. The van der Waals surface area contributed by atoms with Crippen molar-refractivity contribution in [1.82, 2.24) is 5.32 Å². The number of ether oxygens (including phenoxy) is 1. The average Bonchev–Trinajstić information content (AvgIpc) is 2.89. The van der Waals surface area contributed by atoms with Crippen molar-refractivity contribution in [3.63, 3.8) is 0 Å². The number of aliphatic hydroxyl groups is 1. The van der Waals surface area contributed by atoms with Crippen LogP contribution in [0.5, 0.6) is 5.75 Å². The lowest BCUT2D eigenvalue weighted by atomic mass is 10.0. The molecular weight excluding hydrogens is 313 g/mol. The molecule has 1 amide bonds. The molecule has 3 atom stereocenters. The Bertz CT molecular complexity index is 510. The summed E-state index contributed by atoms with van der Waals surface area (Å²) in [6, 6.07) is 4.89. The van der Waals surface area contributed by atoms with Crippen LogP contribution in [0.1, 0.15) is 26.2 Å². The number of halogens is 2. The highest BCUT2D eigenvalue weighted by molar-refractivity contribution is 6.35. The molecule has 0 bridgehead atoms. The fourth-order valence-corrected chi connectivity index (χ4v) is 3.01. The summed E-state index contributed by atoms with van der Waals surface area (Å²) in [5, 5.41) is 13.1. The second kappa shape index (κ2) is 7.34. The maximum absolute atomic E-state index is 12.2. The Labute approximate surface area is 134 Å². The quantitative estimate of drug-likeness (QED) is 0.871. The zero-order chi connectivity index (χ0) is 15.4. The van der Waals surface area contributed by atoms with Gasteiger partial charge in [-0.3, -0.25) is 4.79 Å². The number of carbonyl (C=O) groups is 1. The standard InChI is InChI=1S/C15H19Cl2NO3/c1-9(21-14-6-5-11(16)7-12(14)17)15(20)18-13-4-2-3-10(13)8-19/h5-7,9-10,13,19H,2-4,8H2,1H3,(H,18,20). The van der Waals surface area contributed by atoms with Crippen molar-refractivity contribution in [2.24, 2.45) is 5.92 Å². The van der Waals surface area contributed by atoms with E-state index in [1.54, 1.807) is 25.1 Å². The molecule has 2 N–H and O–H groups in total. The minimum Gasteiger partial charge on any atom is -0.479 e. The highest BCUT2D eigenvalue weighted by atomic mass is 35.5. The van der Waals surface area contributed by atoms with E-state index in [-0.39, 0.29) is 24.5 Å². The number of aliphatic hydroxyl groups excluding tert-OH is 1. The maximum Gasteiger partial charge on any atom is 0.261 e. The number of carbonyl (C=O) groups excluding carboxylic acids is 1. The third-order valence-electron chi connectivity index (χ3n) is 3.79. The van der Waals surface area contributed by atoms with Gasteiger partial charge in [0.15, 0.2) is 6.10 Å². The van der Waals surface area contributed by atoms with Crippen molar-refractivity contribution < 1.29 is 14.6 Å². The molecule has 0 saturated heterocycles. The predicted molar refractivity (Wildman–Crippen MR) is 82.9 cm³/mol. The highest BCUT2D eigenvalue weighted by Gasteiger charge is 2.29. The first kappa shape index (κ1) is 16.4. The minimum atomic E-state index is -0.663. The molecule has 2 rings (SSSR count). The Kier molecular flexibility index (Phi) is 5.73. The monoisotopic (exact) mass is 331 g/mol. The summed E-state index contributed by atoms with van der Waals surface area (Å²) in [7, 11) is 0. The van der Waals surface area contributed by atoms with Gasteiger partial charge in [0.2, 0.25) is 0 Å². The minimum absolute atomic E-state index is 0.0224. The molecule has 4 nitrogen and oxygen atoms in total. The zero-order valence-corrected chi connectivity index (χ0v) is 13.3. The highest BCUT2D eigenvalue weighted by Crippen LogP contribution is 2.29. The van der Waals surface area contributed by atoms with Gasteiger partial charge in [0.05, 0.1) is 5.02 Å². The van der Waals surface area contributed by atoms with E-state index in [1.807, 2.05) is 0 Å². The lowest BCUT2D eigenvalue weighted by Crippen LogP contribution is -2.44. The Hall–Kier alpha value is -0.970. The number of nitrogens with one attached hydrogen (secondary N) is 1. The topological polar surface area (TPSA) is 58.6 Å². The number of benzene rings is 1. The number of hydrogen-bond donors (Lipinski definition) is 2. The molecule has 0 heterocycles. The average molecular weight is 332 g/mol. The number of amides is 1. The van der Waals surface area contributed by atoms with Crippen LogP contribution in [0.2, 0.25) is 10.0 Å². The van der Waals surface area contributed by atoms with Crippen LogP contribution >= 0.6 is 23.2 Å².